The third-order valence-corrected chi connectivity index (χ3v) is 2.95. The zero-order chi connectivity index (χ0) is 13.6. The summed E-state index contributed by atoms with van der Waals surface area (Å²) < 4.78 is 0. The van der Waals surface area contributed by atoms with Crippen LogP contribution in [-0.4, -0.2) is 80.4 Å². The molecule has 0 saturated carbocycles. The Labute approximate surface area is 111 Å². The Bertz CT molecular complexity index is 141. The fraction of sp³-hybridized carbons (Fsp3) is 1.00. The maximum atomic E-state index is 8.93. The molecule has 0 saturated heterocycles. The fourth-order valence-corrected chi connectivity index (χ4v) is 2.03. The third-order valence-electron chi connectivity index (χ3n) is 2.95. The van der Waals surface area contributed by atoms with Gasteiger partial charge in [0, 0.05) is 45.8 Å². The van der Waals surface area contributed by atoms with Crippen LogP contribution in [0.3, 0.4) is 0 Å². The number of hydrogen-bond donors (Lipinski definition) is 4. The Morgan fingerprint density at radius 3 is 1.33 bits per heavy atom. The predicted molar refractivity (Wildman–Crippen MR) is 76.4 cm³/mol. The van der Waals surface area contributed by atoms with Crippen LogP contribution >= 0.6 is 0 Å². The summed E-state index contributed by atoms with van der Waals surface area (Å²) in [6, 6.07) is 0. The van der Waals surface area contributed by atoms with Gasteiger partial charge in [-0.2, -0.15) is 0 Å². The summed E-state index contributed by atoms with van der Waals surface area (Å²) in [5, 5.41) is 8.93. The lowest BCUT2D eigenvalue weighted by Gasteiger charge is -2.23. The first-order chi connectivity index (χ1) is 8.78. The minimum absolute atomic E-state index is 0.201. The summed E-state index contributed by atoms with van der Waals surface area (Å²) in [6.45, 7) is 7.66. The normalized spacial score (nSPS) is 11.7. The molecule has 0 amide bonds. The van der Waals surface area contributed by atoms with Crippen LogP contribution < -0.4 is 17.2 Å². The van der Waals surface area contributed by atoms with E-state index >= 15 is 0 Å². The Balaban J connectivity index is 3.66. The van der Waals surface area contributed by atoms with E-state index in [9.17, 15) is 0 Å². The highest BCUT2D eigenvalue weighted by Crippen LogP contribution is 1.98. The molecule has 0 fully saturated rings. The molecule has 18 heavy (non-hydrogen) atoms. The highest BCUT2D eigenvalue weighted by atomic mass is 16.3. The van der Waals surface area contributed by atoms with E-state index in [0.717, 1.165) is 45.6 Å². The minimum Gasteiger partial charge on any atom is -0.395 e. The number of aliphatic hydroxyl groups is 1. The van der Waals surface area contributed by atoms with Gasteiger partial charge >= 0.3 is 0 Å². The number of nitrogens with two attached hydrogens (primary N) is 3. The molecule has 0 aromatic heterocycles. The molecule has 0 aliphatic carbocycles. The molecule has 0 rings (SSSR count). The Hall–Kier alpha value is -0.240. The molecular weight excluding hydrogens is 230 g/mol. The lowest BCUT2D eigenvalue weighted by Crippen LogP contribution is -2.36. The van der Waals surface area contributed by atoms with Crippen molar-refractivity contribution < 1.29 is 5.11 Å². The average molecular weight is 261 g/mol. The van der Waals surface area contributed by atoms with Crippen LogP contribution in [0.2, 0.25) is 0 Å². The second-order valence-corrected chi connectivity index (χ2v) is 4.48. The van der Waals surface area contributed by atoms with E-state index < -0.39 is 0 Å². The van der Waals surface area contributed by atoms with Gasteiger partial charge in [-0.25, -0.2) is 0 Å². The van der Waals surface area contributed by atoms with Gasteiger partial charge in [0.25, 0.3) is 0 Å². The molecule has 0 aromatic rings. The lowest BCUT2D eigenvalue weighted by molar-refractivity contribution is 0.193. The van der Waals surface area contributed by atoms with Crippen LogP contribution in [0.1, 0.15) is 12.8 Å². The van der Waals surface area contributed by atoms with Crippen LogP contribution in [0.25, 0.3) is 0 Å². The van der Waals surface area contributed by atoms with E-state index in [2.05, 4.69) is 9.80 Å². The van der Waals surface area contributed by atoms with E-state index in [-0.39, 0.29) is 6.61 Å². The van der Waals surface area contributed by atoms with Crippen molar-refractivity contribution in [2.24, 2.45) is 17.2 Å². The molecule has 0 aromatic carbocycles. The standard InChI is InChI=1S/C12H31N5O/c13-3-8-16(9-4-14)6-1-2-7-17(10-5-15)11-12-18/h18H,1-15H2. The number of hydrogen-bond acceptors (Lipinski definition) is 6. The smallest absolute Gasteiger partial charge is 0.0558 e. The molecule has 0 unspecified atom stereocenters. The monoisotopic (exact) mass is 261 g/mol. The molecule has 0 heterocycles. The molecular formula is C12H31N5O. The van der Waals surface area contributed by atoms with Crippen molar-refractivity contribution in [1.29, 1.82) is 0 Å². The van der Waals surface area contributed by atoms with Crippen molar-refractivity contribution in [3.63, 3.8) is 0 Å². The van der Waals surface area contributed by atoms with Crippen molar-refractivity contribution in [3.8, 4) is 0 Å². The number of unbranched alkanes of at least 4 members (excludes halogenated alkanes) is 1. The summed E-state index contributed by atoms with van der Waals surface area (Å²) >= 11 is 0. The highest BCUT2D eigenvalue weighted by molar-refractivity contribution is 4.62. The highest BCUT2D eigenvalue weighted by Gasteiger charge is 2.05. The molecule has 0 radical (unpaired) electrons. The van der Waals surface area contributed by atoms with Gasteiger partial charge in [0.2, 0.25) is 0 Å². The van der Waals surface area contributed by atoms with Gasteiger partial charge in [0.15, 0.2) is 0 Å². The van der Waals surface area contributed by atoms with Crippen LogP contribution in [-0.2, 0) is 0 Å². The fourth-order valence-electron chi connectivity index (χ4n) is 2.03. The summed E-state index contributed by atoms with van der Waals surface area (Å²) in [6.07, 6.45) is 2.25. The van der Waals surface area contributed by atoms with Crippen molar-refractivity contribution in [2.45, 2.75) is 12.8 Å². The maximum Gasteiger partial charge on any atom is 0.0558 e. The first-order valence-electron chi connectivity index (χ1n) is 6.94. The topological polar surface area (TPSA) is 105 Å². The van der Waals surface area contributed by atoms with Gasteiger partial charge < -0.3 is 27.2 Å². The summed E-state index contributed by atoms with van der Waals surface area (Å²) in [5.74, 6) is 0. The molecule has 0 bridgehead atoms. The van der Waals surface area contributed by atoms with Gasteiger partial charge in [0.05, 0.1) is 6.61 Å². The zero-order valence-electron chi connectivity index (χ0n) is 11.6. The zero-order valence-corrected chi connectivity index (χ0v) is 11.6. The van der Waals surface area contributed by atoms with Gasteiger partial charge in [-0.1, -0.05) is 0 Å². The van der Waals surface area contributed by atoms with Crippen molar-refractivity contribution in [3.05, 3.63) is 0 Å². The summed E-state index contributed by atoms with van der Waals surface area (Å²) in [7, 11) is 0. The molecule has 0 spiro atoms. The summed E-state index contributed by atoms with van der Waals surface area (Å²) in [5.41, 5.74) is 16.6. The molecule has 0 atom stereocenters. The van der Waals surface area contributed by atoms with Crippen LogP contribution in [0.15, 0.2) is 0 Å². The van der Waals surface area contributed by atoms with Crippen molar-refractivity contribution in [2.75, 3.05) is 65.5 Å². The molecule has 7 N–H and O–H groups in total. The third kappa shape index (κ3) is 9.76. The van der Waals surface area contributed by atoms with Crippen molar-refractivity contribution in [1.82, 2.24) is 9.80 Å². The maximum absolute atomic E-state index is 8.93. The molecule has 6 heteroatoms. The van der Waals surface area contributed by atoms with Crippen molar-refractivity contribution >= 4 is 0 Å². The largest absolute Gasteiger partial charge is 0.395 e. The van der Waals surface area contributed by atoms with Crippen LogP contribution in [0.5, 0.6) is 0 Å². The summed E-state index contributed by atoms with van der Waals surface area (Å²) in [4.78, 5) is 4.51. The lowest BCUT2D eigenvalue weighted by atomic mass is 10.2. The van der Waals surface area contributed by atoms with Gasteiger partial charge in [0.1, 0.15) is 0 Å². The van der Waals surface area contributed by atoms with E-state index in [1.165, 1.54) is 0 Å². The van der Waals surface area contributed by atoms with Gasteiger partial charge in [-0.3, -0.25) is 4.90 Å². The second-order valence-electron chi connectivity index (χ2n) is 4.48. The second kappa shape index (κ2) is 13.2. The Kier molecular flexibility index (Phi) is 13.0. The molecule has 6 nitrogen and oxygen atoms in total. The Morgan fingerprint density at radius 1 is 0.611 bits per heavy atom. The number of rotatable bonds is 13. The first kappa shape index (κ1) is 17.8. The molecule has 110 valence electrons. The minimum atomic E-state index is 0.201. The van der Waals surface area contributed by atoms with E-state index in [4.69, 9.17) is 22.3 Å². The van der Waals surface area contributed by atoms with Gasteiger partial charge in [-0.05, 0) is 25.9 Å². The predicted octanol–water partition coefficient (Wildman–Crippen LogP) is -1.76. The average Bonchev–Trinajstić information content (AvgIpc) is 2.35. The van der Waals surface area contributed by atoms with Crippen LogP contribution in [0, 0.1) is 0 Å². The molecule has 0 aliphatic heterocycles. The first-order valence-corrected chi connectivity index (χ1v) is 6.94. The van der Waals surface area contributed by atoms with E-state index in [1.807, 2.05) is 0 Å². The SMILES string of the molecule is NCCN(CCN)CCCCN(CCN)CCO. The van der Waals surface area contributed by atoms with E-state index in [1.54, 1.807) is 0 Å². The number of aliphatic hydroxyl groups excluding tert-OH is 1. The molecule has 0 aliphatic rings. The van der Waals surface area contributed by atoms with E-state index in [0.29, 0.717) is 26.2 Å². The van der Waals surface area contributed by atoms with Crippen LogP contribution in [0.4, 0.5) is 0 Å². The van der Waals surface area contributed by atoms with Gasteiger partial charge in [-0.15, -0.1) is 0 Å². The Morgan fingerprint density at radius 2 is 1.00 bits per heavy atom. The number of nitrogens with zero attached hydrogens (tertiary/aromatic N) is 2. The quantitative estimate of drug-likeness (QED) is 0.293.